The number of hydrogen-bond acceptors (Lipinski definition) is 6. The van der Waals surface area contributed by atoms with E-state index in [2.05, 4.69) is 20.4 Å². The molecule has 0 aliphatic heterocycles. The number of ether oxygens (including phenoxy) is 1. The van der Waals surface area contributed by atoms with Crippen molar-refractivity contribution in [1.29, 1.82) is 0 Å². The Kier molecular flexibility index (Phi) is 6.38. The van der Waals surface area contributed by atoms with Crippen LogP contribution in [0.4, 0.5) is 5.82 Å². The number of hydrogen-bond donors (Lipinski definition) is 1. The predicted octanol–water partition coefficient (Wildman–Crippen LogP) is 4.78. The molecule has 3 aromatic rings. The molecule has 2 saturated carbocycles. The second-order valence-corrected chi connectivity index (χ2v) is 9.29. The van der Waals surface area contributed by atoms with Gasteiger partial charge in [0, 0.05) is 37.0 Å². The van der Waals surface area contributed by atoms with Crippen LogP contribution in [0.25, 0.3) is 11.3 Å². The first-order valence-corrected chi connectivity index (χ1v) is 12.0. The molecule has 2 aliphatic carbocycles. The summed E-state index contributed by atoms with van der Waals surface area (Å²) in [4.78, 5) is 34.4. The molecule has 0 saturated heterocycles. The number of aryl methyl sites for hydroxylation is 1. The first-order chi connectivity index (χ1) is 16.6. The highest BCUT2D eigenvalue weighted by atomic mass is 16.5. The van der Waals surface area contributed by atoms with Crippen LogP contribution in [0.5, 0.6) is 11.5 Å². The lowest BCUT2D eigenvalue weighted by Crippen LogP contribution is -2.31. The van der Waals surface area contributed by atoms with E-state index in [0.29, 0.717) is 29.7 Å². The molecule has 2 unspecified atom stereocenters. The Labute approximate surface area is 198 Å². The van der Waals surface area contributed by atoms with Crippen LogP contribution in [0.3, 0.4) is 0 Å². The number of nitrogens with zero attached hydrogens (tertiary/aromatic N) is 4. The van der Waals surface area contributed by atoms with Crippen LogP contribution in [0.2, 0.25) is 0 Å². The van der Waals surface area contributed by atoms with Crippen LogP contribution in [0.1, 0.15) is 44.9 Å². The first kappa shape index (κ1) is 22.3. The summed E-state index contributed by atoms with van der Waals surface area (Å²) < 4.78 is 7.63. The number of Topliss-reactive ketones (excluding diaryl/α,β-unsaturated/α-hetero) is 1. The summed E-state index contributed by atoms with van der Waals surface area (Å²) in [6.07, 6.45) is 14.2. The van der Waals surface area contributed by atoms with Crippen molar-refractivity contribution in [3.63, 3.8) is 0 Å². The summed E-state index contributed by atoms with van der Waals surface area (Å²) in [5.74, 6) is 1.39. The number of rotatable bonds is 6. The molecule has 0 bridgehead atoms. The second kappa shape index (κ2) is 9.75. The zero-order chi connectivity index (χ0) is 23.5. The van der Waals surface area contributed by atoms with E-state index in [1.807, 2.05) is 19.3 Å². The van der Waals surface area contributed by atoms with Gasteiger partial charge in [-0.15, -0.1) is 0 Å². The van der Waals surface area contributed by atoms with Crippen molar-refractivity contribution >= 4 is 17.5 Å². The number of carbonyl (C=O) groups is 2. The maximum Gasteiger partial charge on any atom is 0.236 e. The molecule has 5 rings (SSSR count). The van der Waals surface area contributed by atoms with Gasteiger partial charge in [0.1, 0.15) is 23.1 Å². The van der Waals surface area contributed by atoms with Crippen molar-refractivity contribution in [3.05, 3.63) is 49.1 Å². The number of nitrogens with one attached hydrogen (secondary N) is 1. The third-order valence-corrected chi connectivity index (χ3v) is 6.97. The summed E-state index contributed by atoms with van der Waals surface area (Å²) in [6, 6.07) is 7.04. The van der Waals surface area contributed by atoms with Gasteiger partial charge in [-0.05, 0) is 49.8 Å². The highest BCUT2D eigenvalue weighted by Crippen LogP contribution is 2.40. The molecule has 2 aliphatic rings. The fourth-order valence-corrected chi connectivity index (χ4v) is 5.20. The fraction of sp³-hybridized carbons (Fsp3) is 0.423. The van der Waals surface area contributed by atoms with E-state index in [4.69, 9.17) is 4.74 Å². The molecule has 0 radical (unpaired) electrons. The van der Waals surface area contributed by atoms with Crippen LogP contribution in [-0.4, -0.2) is 31.4 Å². The Morgan fingerprint density at radius 1 is 1.03 bits per heavy atom. The highest BCUT2D eigenvalue weighted by molar-refractivity contribution is 6.08. The van der Waals surface area contributed by atoms with Crippen molar-refractivity contribution in [2.24, 2.45) is 24.8 Å². The molecule has 176 valence electrons. The van der Waals surface area contributed by atoms with Gasteiger partial charge in [0.25, 0.3) is 0 Å². The fourth-order valence-electron chi connectivity index (χ4n) is 5.20. The van der Waals surface area contributed by atoms with Crippen molar-refractivity contribution in [3.8, 4) is 22.8 Å². The highest BCUT2D eigenvalue weighted by Gasteiger charge is 2.42. The molecule has 3 aromatic heterocycles. The van der Waals surface area contributed by atoms with Gasteiger partial charge in [-0.25, -0.2) is 4.98 Å². The molecule has 0 aromatic carbocycles. The molecular formula is C26H29N5O3. The predicted molar refractivity (Wildman–Crippen MR) is 127 cm³/mol. The van der Waals surface area contributed by atoms with E-state index in [0.717, 1.165) is 30.5 Å². The van der Waals surface area contributed by atoms with E-state index < -0.39 is 5.92 Å². The van der Waals surface area contributed by atoms with Gasteiger partial charge in [-0.2, -0.15) is 5.10 Å². The number of pyridine rings is 2. The Bertz CT molecular complexity index is 1170. The smallest absolute Gasteiger partial charge is 0.236 e. The minimum atomic E-state index is -0.563. The van der Waals surface area contributed by atoms with E-state index in [9.17, 15) is 9.59 Å². The second-order valence-electron chi connectivity index (χ2n) is 9.29. The Morgan fingerprint density at radius 3 is 2.62 bits per heavy atom. The van der Waals surface area contributed by atoms with Gasteiger partial charge in [0.2, 0.25) is 5.91 Å². The summed E-state index contributed by atoms with van der Waals surface area (Å²) in [6.45, 7) is 0. The van der Waals surface area contributed by atoms with Crippen LogP contribution in [0.15, 0.2) is 49.1 Å². The maximum atomic E-state index is 12.9. The standard InChI is InChI=1S/C26H29N5O3/c1-31-16-18(14-29-31)23-13-19(11-12-27-23)34-20-7-10-24(28-15-20)30-26(33)22-9-8-21(25(22)32)17-5-3-2-4-6-17/h7,10-17,21-22H,2-6,8-9H2,1H3,(H,28,30,33). The minimum Gasteiger partial charge on any atom is -0.456 e. The lowest BCUT2D eigenvalue weighted by Gasteiger charge is -2.26. The maximum absolute atomic E-state index is 12.9. The minimum absolute atomic E-state index is 0.0525. The molecule has 3 heterocycles. The first-order valence-electron chi connectivity index (χ1n) is 12.0. The average molecular weight is 460 g/mol. The lowest BCUT2D eigenvalue weighted by molar-refractivity contribution is -0.132. The Hall–Kier alpha value is -3.55. The number of amides is 1. The number of carbonyl (C=O) groups excluding carboxylic acids is 2. The molecule has 1 N–H and O–H groups in total. The van der Waals surface area contributed by atoms with E-state index in [1.165, 1.54) is 19.3 Å². The zero-order valence-electron chi connectivity index (χ0n) is 19.3. The summed E-state index contributed by atoms with van der Waals surface area (Å²) in [7, 11) is 1.85. The van der Waals surface area contributed by atoms with Crippen LogP contribution in [0, 0.1) is 17.8 Å². The van der Waals surface area contributed by atoms with E-state index in [1.54, 1.807) is 41.5 Å². The van der Waals surface area contributed by atoms with Crippen LogP contribution < -0.4 is 10.1 Å². The third-order valence-electron chi connectivity index (χ3n) is 6.97. The van der Waals surface area contributed by atoms with Crippen LogP contribution in [-0.2, 0) is 16.6 Å². The molecule has 8 heteroatoms. The quantitative estimate of drug-likeness (QED) is 0.533. The van der Waals surface area contributed by atoms with Crippen molar-refractivity contribution in [2.45, 2.75) is 44.9 Å². The Morgan fingerprint density at radius 2 is 1.88 bits per heavy atom. The number of aromatic nitrogens is 4. The van der Waals surface area contributed by atoms with Gasteiger partial charge in [0.15, 0.2) is 0 Å². The lowest BCUT2D eigenvalue weighted by atomic mass is 9.78. The molecular weight excluding hydrogens is 430 g/mol. The van der Waals surface area contributed by atoms with E-state index in [-0.39, 0.29) is 17.6 Å². The zero-order valence-corrected chi connectivity index (χ0v) is 19.3. The van der Waals surface area contributed by atoms with Gasteiger partial charge in [-0.3, -0.25) is 19.3 Å². The molecule has 2 atom stereocenters. The van der Waals surface area contributed by atoms with Crippen molar-refractivity contribution in [2.75, 3.05) is 5.32 Å². The average Bonchev–Trinajstić information content (AvgIpc) is 3.47. The van der Waals surface area contributed by atoms with Crippen molar-refractivity contribution in [1.82, 2.24) is 19.7 Å². The molecule has 1 amide bonds. The summed E-state index contributed by atoms with van der Waals surface area (Å²) >= 11 is 0. The van der Waals surface area contributed by atoms with Gasteiger partial charge in [-0.1, -0.05) is 19.3 Å². The largest absolute Gasteiger partial charge is 0.456 e. The van der Waals surface area contributed by atoms with Crippen molar-refractivity contribution < 1.29 is 14.3 Å². The third kappa shape index (κ3) is 4.85. The van der Waals surface area contributed by atoms with Gasteiger partial charge >= 0.3 is 0 Å². The molecule has 34 heavy (non-hydrogen) atoms. The van der Waals surface area contributed by atoms with Crippen LogP contribution >= 0.6 is 0 Å². The topological polar surface area (TPSA) is 99.0 Å². The van der Waals surface area contributed by atoms with E-state index >= 15 is 0 Å². The van der Waals surface area contributed by atoms with Gasteiger partial charge in [0.05, 0.1) is 24.0 Å². The molecule has 2 fully saturated rings. The normalized spacial score (nSPS) is 20.9. The number of ketones is 1. The van der Waals surface area contributed by atoms with Gasteiger partial charge < -0.3 is 10.1 Å². The molecule has 0 spiro atoms. The molecule has 8 nitrogen and oxygen atoms in total. The SMILES string of the molecule is Cn1cc(-c2cc(Oc3ccc(NC(=O)C4CCC(C5CCCCC5)C4=O)nc3)ccn2)cn1. The summed E-state index contributed by atoms with van der Waals surface area (Å²) in [5, 5.41) is 6.99. The summed E-state index contributed by atoms with van der Waals surface area (Å²) in [5.41, 5.74) is 1.66. The Balaban J connectivity index is 1.19. The monoisotopic (exact) mass is 459 g/mol. The number of anilines is 1.